The number of hydrogen-bond acceptors (Lipinski definition) is 12. The van der Waals surface area contributed by atoms with Gasteiger partial charge in [0, 0.05) is 63.7 Å². The van der Waals surface area contributed by atoms with Gasteiger partial charge in [0.25, 0.3) is 43.2 Å². The fourth-order valence-electron chi connectivity index (χ4n) is 6.60. The molecule has 4 aromatic rings. The Hall–Kier alpha value is -5.38. The van der Waals surface area contributed by atoms with Gasteiger partial charge in [-0.25, -0.2) is 0 Å². The van der Waals surface area contributed by atoms with Gasteiger partial charge in [-0.3, -0.25) is 33.2 Å². The van der Waals surface area contributed by atoms with Crippen LogP contribution in [0.3, 0.4) is 0 Å². The van der Waals surface area contributed by atoms with Crippen molar-refractivity contribution in [2.75, 3.05) is 50.8 Å². The number of carbonyl (C=O) groups is 2. The van der Waals surface area contributed by atoms with Crippen LogP contribution in [0.2, 0.25) is 0 Å². The van der Waals surface area contributed by atoms with Crippen LogP contribution in [0.4, 0.5) is 0 Å². The van der Waals surface area contributed by atoms with Gasteiger partial charge in [0.05, 0.1) is 22.6 Å². The second kappa shape index (κ2) is 23.7. The lowest BCUT2D eigenvalue weighted by Gasteiger charge is -2.22. The maximum atomic E-state index is 13.7. The van der Waals surface area contributed by atoms with Crippen molar-refractivity contribution in [1.29, 1.82) is 0 Å². The van der Waals surface area contributed by atoms with E-state index in [1.165, 1.54) is 21.3 Å². The Morgan fingerprint density at radius 1 is 0.645 bits per heavy atom. The summed E-state index contributed by atoms with van der Waals surface area (Å²) in [5.74, 6) is -2.33. The van der Waals surface area contributed by atoms with Crippen LogP contribution in [0.15, 0.2) is 82.4 Å². The van der Waals surface area contributed by atoms with Crippen LogP contribution in [0.25, 0.3) is 0 Å². The zero-order chi connectivity index (χ0) is 45.3. The van der Waals surface area contributed by atoms with Crippen molar-refractivity contribution >= 4 is 32.1 Å². The molecule has 18 nitrogen and oxygen atoms in total. The third-order valence-electron chi connectivity index (χ3n) is 9.81. The van der Waals surface area contributed by atoms with E-state index in [9.17, 15) is 36.0 Å². The molecule has 6 N–H and O–H groups in total. The average molecular weight is 901 g/mol. The van der Waals surface area contributed by atoms with Crippen LogP contribution in [0.5, 0.6) is 11.5 Å². The summed E-state index contributed by atoms with van der Waals surface area (Å²) in [4.78, 5) is 56.6. The smallest absolute Gasteiger partial charge is 0.293 e. The van der Waals surface area contributed by atoms with Gasteiger partial charge in [0.2, 0.25) is 0 Å². The molecular weight excluding hydrogens is 845 g/mol. The molecule has 338 valence electrons. The van der Waals surface area contributed by atoms with E-state index in [1.807, 2.05) is 65.6 Å². The first kappa shape index (κ1) is 49.3. The zero-order valence-corrected chi connectivity index (χ0v) is 36.6. The minimum atomic E-state index is -4.15. The van der Waals surface area contributed by atoms with E-state index in [1.54, 1.807) is 13.8 Å². The van der Waals surface area contributed by atoms with Crippen molar-refractivity contribution in [2.45, 2.75) is 65.8 Å². The number of benzene rings is 2. The van der Waals surface area contributed by atoms with E-state index in [-0.39, 0.29) is 94.2 Å². The SMILES string of the molecule is Cc1cc(C(=O)NCCN(CCN)CCNC(=O)c2cc(C)n(CCCCS(=O)(=O)O)c(=O)c2OCc2ccccc2)c(OCc2ccccc2)c(=O)n1CCCCS(=O)(=O)O. The van der Waals surface area contributed by atoms with Gasteiger partial charge in [-0.15, -0.1) is 0 Å². The molecule has 0 aliphatic heterocycles. The van der Waals surface area contributed by atoms with Crippen LogP contribution >= 0.6 is 0 Å². The lowest BCUT2D eigenvalue weighted by atomic mass is 10.1. The molecule has 0 aliphatic rings. The third kappa shape index (κ3) is 15.8. The number of nitrogens with one attached hydrogen (secondary N) is 2. The van der Waals surface area contributed by atoms with Crippen molar-refractivity contribution in [3.8, 4) is 11.5 Å². The lowest BCUT2D eigenvalue weighted by Crippen LogP contribution is -2.42. The molecule has 0 bridgehead atoms. The minimum Gasteiger partial charge on any atom is -0.482 e. The molecule has 2 aromatic heterocycles. The number of nitrogens with zero attached hydrogens (tertiary/aromatic N) is 3. The van der Waals surface area contributed by atoms with Crippen LogP contribution in [0.1, 0.15) is 68.9 Å². The molecule has 2 aromatic carbocycles. The number of pyridine rings is 2. The number of rotatable bonds is 26. The predicted octanol–water partition coefficient (Wildman–Crippen LogP) is 2.54. The largest absolute Gasteiger partial charge is 0.482 e. The van der Waals surface area contributed by atoms with Crippen LogP contribution < -0.4 is 37.0 Å². The van der Waals surface area contributed by atoms with E-state index in [4.69, 9.17) is 24.3 Å². The summed E-state index contributed by atoms with van der Waals surface area (Å²) in [5.41, 5.74) is 7.27. The highest BCUT2D eigenvalue weighted by atomic mass is 32.2. The Labute approximate surface area is 361 Å². The maximum absolute atomic E-state index is 13.7. The molecule has 0 unspecified atom stereocenters. The van der Waals surface area contributed by atoms with Crippen molar-refractivity contribution in [1.82, 2.24) is 24.7 Å². The van der Waals surface area contributed by atoms with Crippen molar-refractivity contribution in [3.05, 3.63) is 127 Å². The Bertz CT molecular complexity index is 2290. The van der Waals surface area contributed by atoms with Crippen molar-refractivity contribution in [3.63, 3.8) is 0 Å². The summed E-state index contributed by atoms with van der Waals surface area (Å²) in [7, 11) is -8.31. The first-order chi connectivity index (χ1) is 29.5. The molecular formula is C42H56N6O12S2. The number of nitrogens with two attached hydrogens (primary N) is 1. The van der Waals surface area contributed by atoms with Gasteiger partial charge in [-0.1, -0.05) is 60.7 Å². The van der Waals surface area contributed by atoms with Gasteiger partial charge in [0.1, 0.15) is 13.2 Å². The highest BCUT2D eigenvalue weighted by molar-refractivity contribution is 7.86. The fourth-order valence-corrected chi connectivity index (χ4v) is 7.74. The van der Waals surface area contributed by atoms with Gasteiger partial charge in [-0.05, 0) is 62.8 Å². The monoisotopic (exact) mass is 900 g/mol. The van der Waals surface area contributed by atoms with Crippen molar-refractivity contribution < 1.29 is 45.0 Å². The molecule has 0 spiro atoms. The van der Waals surface area contributed by atoms with E-state index < -0.39 is 54.7 Å². The van der Waals surface area contributed by atoms with E-state index >= 15 is 0 Å². The first-order valence-electron chi connectivity index (χ1n) is 20.2. The summed E-state index contributed by atoms with van der Waals surface area (Å²) < 4.78 is 77.6. The third-order valence-corrected chi connectivity index (χ3v) is 11.4. The molecule has 62 heavy (non-hydrogen) atoms. The van der Waals surface area contributed by atoms with Crippen LogP contribution in [-0.4, -0.2) is 103 Å². The van der Waals surface area contributed by atoms with Gasteiger partial charge < -0.3 is 35.0 Å². The van der Waals surface area contributed by atoms with Crippen molar-refractivity contribution in [2.24, 2.45) is 5.73 Å². The summed E-state index contributed by atoms with van der Waals surface area (Å²) in [5, 5.41) is 5.69. The summed E-state index contributed by atoms with van der Waals surface area (Å²) in [6, 6.07) is 21.3. The number of ether oxygens (including phenoxy) is 2. The molecule has 2 amide bonds. The molecule has 0 atom stereocenters. The zero-order valence-electron chi connectivity index (χ0n) is 35.0. The standard InChI is InChI=1S/C42H56N6O12S2/c1-31-27-35(37(59-29-33-13-5-3-6-14-33)41(51)47(31)20-9-11-25-61(53,54)55)39(49)44-18-23-46(22-17-43)24-19-45-40(50)36-28-32(2)48(21-10-12-26-62(56,57)58)42(52)38(36)60-30-34-15-7-4-8-16-34/h3-8,13-16,27-28H,9-12,17-26,29-30,43H2,1-2H3,(H,44,49)(H,45,50)(H,53,54,55)(H,56,57,58). The Kier molecular flexibility index (Phi) is 18.9. The van der Waals surface area contributed by atoms with Crippen LogP contribution in [0, 0.1) is 13.8 Å². The molecule has 4 rings (SSSR count). The van der Waals surface area contributed by atoms with Gasteiger partial charge >= 0.3 is 0 Å². The molecule has 0 aliphatic carbocycles. The Morgan fingerprint density at radius 2 is 1.03 bits per heavy atom. The quantitative estimate of drug-likeness (QED) is 0.0449. The van der Waals surface area contributed by atoms with E-state index in [0.29, 0.717) is 31.0 Å². The molecule has 0 saturated carbocycles. The number of hydrogen-bond donors (Lipinski definition) is 5. The highest BCUT2D eigenvalue weighted by Crippen LogP contribution is 2.20. The first-order valence-corrected chi connectivity index (χ1v) is 23.4. The highest BCUT2D eigenvalue weighted by Gasteiger charge is 2.23. The Balaban J connectivity index is 1.43. The lowest BCUT2D eigenvalue weighted by molar-refractivity contribution is 0.0942. The molecule has 0 fully saturated rings. The Morgan fingerprint density at radius 3 is 1.39 bits per heavy atom. The second-order valence-corrected chi connectivity index (χ2v) is 17.8. The second-order valence-electron chi connectivity index (χ2n) is 14.6. The predicted molar refractivity (Wildman–Crippen MR) is 234 cm³/mol. The summed E-state index contributed by atoms with van der Waals surface area (Å²) in [6.45, 7) is 5.23. The summed E-state index contributed by atoms with van der Waals surface area (Å²) in [6.07, 6.45) is 0.803. The number of aromatic nitrogens is 2. The normalized spacial score (nSPS) is 11.7. The topological polar surface area (TPSA) is 259 Å². The summed E-state index contributed by atoms with van der Waals surface area (Å²) >= 11 is 0. The number of aryl methyl sites for hydroxylation is 2. The molecule has 0 saturated heterocycles. The molecule has 20 heteroatoms. The number of amides is 2. The molecule has 0 radical (unpaired) electrons. The van der Waals surface area contributed by atoms with E-state index in [2.05, 4.69) is 10.6 Å². The van der Waals surface area contributed by atoms with E-state index in [0.717, 1.165) is 11.1 Å². The van der Waals surface area contributed by atoms with Crippen LogP contribution in [-0.2, 0) is 46.5 Å². The fraction of sp³-hybridized carbons (Fsp3) is 0.429. The minimum absolute atomic E-state index is 0.0111. The number of carbonyl (C=O) groups excluding carboxylic acids is 2. The van der Waals surface area contributed by atoms with Gasteiger partial charge in [-0.2, -0.15) is 16.8 Å². The average Bonchev–Trinajstić information content (AvgIpc) is 3.21. The van der Waals surface area contributed by atoms with Gasteiger partial charge in [0.15, 0.2) is 11.5 Å². The number of unbranched alkanes of at least 4 members (excludes halogenated alkanes) is 2. The molecule has 2 heterocycles. The maximum Gasteiger partial charge on any atom is 0.293 e.